The molecule has 4 aliphatic heterocycles. The van der Waals surface area contributed by atoms with Crippen LogP contribution < -0.4 is 0 Å². The van der Waals surface area contributed by atoms with Crippen LogP contribution in [0.25, 0.3) is 0 Å². The van der Waals surface area contributed by atoms with E-state index in [9.17, 15) is 9.90 Å². The molecule has 4 aliphatic rings. The summed E-state index contributed by atoms with van der Waals surface area (Å²) in [4.78, 5) is 12.6. The maximum Gasteiger partial charge on any atom is 0.330 e. The molecule has 0 spiro atoms. The summed E-state index contributed by atoms with van der Waals surface area (Å²) in [7, 11) is 0. The van der Waals surface area contributed by atoms with Gasteiger partial charge in [-0.3, -0.25) is 0 Å². The summed E-state index contributed by atoms with van der Waals surface area (Å²) in [5.41, 5.74) is 1.33. The van der Waals surface area contributed by atoms with Gasteiger partial charge < -0.3 is 24.1 Å². The van der Waals surface area contributed by atoms with E-state index in [4.69, 9.17) is 18.9 Å². The number of rotatable bonds is 3. The second-order valence-electron chi connectivity index (χ2n) is 10.7. The first-order valence-corrected chi connectivity index (χ1v) is 13.4. The Morgan fingerprint density at radius 1 is 1.14 bits per heavy atom. The number of hydrogen-bond donors (Lipinski definition) is 1. The number of fused-ring (bicyclic) bond motifs is 3. The summed E-state index contributed by atoms with van der Waals surface area (Å²) in [6, 6.07) is 0. The molecule has 1 N–H and O–H groups in total. The number of epoxide rings is 1. The molecular weight excluding hydrogens is 444 g/mol. The molecule has 1 saturated heterocycles. The van der Waals surface area contributed by atoms with E-state index in [1.807, 2.05) is 12.2 Å². The fourth-order valence-electron chi connectivity index (χ4n) is 5.34. The van der Waals surface area contributed by atoms with E-state index in [1.54, 1.807) is 0 Å². The van der Waals surface area contributed by atoms with Gasteiger partial charge in [0.25, 0.3) is 0 Å². The Labute approximate surface area is 210 Å². The summed E-state index contributed by atoms with van der Waals surface area (Å²) in [5.74, 6) is 0.197. The van der Waals surface area contributed by atoms with Crippen molar-refractivity contribution in [3.63, 3.8) is 0 Å². The Morgan fingerprint density at radius 2 is 2.03 bits per heavy atom. The van der Waals surface area contributed by atoms with Gasteiger partial charge in [0, 0.05) is 18.9 Å². The van der Waals surface area contributed by atoms with Crippen molar-refractivity contribution in [2.45, 2.75) is 114 Å². The second kappa shape index (κ2) is 13.0. The molecule has 6 heteroatoms. The van der Waals surface area contributed by atoms with Crippen molar-refractivity contribution in [2.24, 2.45) is 5.92 Å². The first kappa shape index (κ1) is 26.3. The average molecular weight is 487 g/mol. The molecule has 194 valence electrons. The minimum absolute atomic E-state index is 0.00180. The second-order valence-corrected chi connectivity index (χ2v) is 10.7. The summed E-state index contributed by atoms with van der Waals surface area (Å²) in [6.07, 6.45) is 20.6. The zero-order valence-corrected chi connectivity index (χ0v) is 21.2. The zero-order valence-electron chi connectivity index (χ0n) is 21.2. The number of carbonyl (C=O) groups is 1. The quantitative estimate of drug-likeness (QED) is 0.345. The van der Waals surface area contributed by atoms with Gasteiger partial charge in [0.1, 0.15) is 12.2 Å². The maximum absolute atomic E-state index is 12.6. The van der Waals surface area contributed by atoms with Crippen LogP contribution in [0.3, 0.4) is 0 Å². The minimum atomic E-state index is -0.471. The lowest BCUT2D eigenvalue weighted by molar-refractivity contribution is -0.143. The third-order valence-corrected chi connectivity index (χ3v) is 7.40. The van der Waals surface area contributed by atoms with Gasteiger partial charge in [0.05, 0.1) is 37.1 Å². The number of aliphatic hydroxyl groups excluding tert-OH is 1. The maximum atomic E-state index is 12.6. The van der Waals surface area contributed by atoms with Crippen molar-refractivity contribution in [2.75, 3.05) is 6.61 Å². The van der Waals surface area contributed by atoms with Crippen LogP contribution in [0.5, 0.6) is 0 Å². The number of cyclic esters (lactones) is 1. The lowest BCUT2D eigenvalue weighted by Crippen LogP contribution is -2.26. The van der Waals surface area contributed by atoms with Crippen molar-refractivity contribution in [1.29, 1.82) is 0 Å². The molecule has 0 unspecified atom stereocenters. The van der Waals surface area contributed by atoms with Crippen LogP contribution in [0.2, 0.25) is 0 Å². The number of aliphatic hydroxyl groups is 1. The van der Waals surface area contributed by atoms with Gasteiger partial charge in [0.15, 0.2) is 0 Å². The smallest absolute Gasteiger partial charge is 0.330 e. The zero-order chi connectivity index (χ0) is 24.6. The fourth-order valence-corrected chi connectivity index (χ4v) is 5.34. The van der Waals surface area contributed by atoms with Gasteiger partial charge in [-0.2, -0.15) is 0 Å². The Balaban J connectivity index is 1.37. The van der Waals surface area contributed by atoms with Crippen LogP contribution in [0, 0.1) is 5.92 Å². The molecule has 0 amide bonds. The minimum Gasteiger partial charge on any atom is -0.459 e. The summed E-state index contributed by atoms with van der Waals surface area (Å²) < 4.78 is 23.6. The average Bonchev–Trinajstić information content (AvgIpc) is 3.58. The Kier molecular flexibility index (Phi) is 9.78. The van der Waals surface area contributed by atoms with E-state index >= 15 is 0 Å². The Morgan fingerprint density at radius 3 is 2.89 bits per heavy atom. The molecule has 0 radical (unpaired) electrons. The third kappa shape index (κ3) is 8.71. The highest BCUT2D eigenvalue weighted by atomic mass is 16.6. The molecule has 4 heterocycles. The van der Waals surface area contributed by atoms with E-state index < -0.39 is 6.10 Å². The highest BCUT2D eigenvalue weighted by Crippen LogP contribution is 2.34. The highest BCUT2D eigenvalue weighted by molar-refractivity contribution is 5.82. The first-order valence-electron chi connectivity index (χ1n) is 13.4. The lowest BCUT2D eigenvalue weighted by atomic mass is 9.93. The summed E-state index contributed by atoms with van der Waals surface area (Å²) >= 11 is 0. The highest BCUT2D eigenvalue weighted by Gasteiger charge is 2.45. The van der Waals surface area contributed by atoms with E-state index in [1.165, 1.54) is 11.6 Å². The molecule has 0 saturated carbocycles. The predicted octanol–water partition coefficient (Wildman–Crippen LogP) is 4.97. The molecule has 1 fully saturated rings. The topological polar surface area (TPSA) is 77.5 Å². The van der Waals surface area contributed by atoms with Crippen LogP contribution >= 0.6 is 0 Å². The van der Waals surface area contributed by atoms with Gasteiger partial charge in [-0.1, -0.05) is 61.8 Å². The Bertz CT molecular complexity index is 814. The monoisotopic (exact) mass is 486 g/mol. The number of ether oxygens (including phenoxy) is 4. The summed E-state index contributed by atoms with van der Waals surface area (Å²) in [5, 5.41) is 10.6. The fraction of sp³-hybridized carbons (Fsp3) is 0.690. The van der Waals surface area contributed by atoms with Gasteiger partial charge in [-0.25, -0.2) is 4.79 Å². The normalized spacial score (nSPS) is 39.3. The number of carbonyl (C=O) groups excluding carboxylic acids is 1. The van der Waals surface area contributed by atoms with Crippen molar-refractivity contribution in [3.05, 3.63) is 48.1 Å². The van der Waals surface area contributed by atoms with E-state index in [2.05, 4.69) is 38.2 Å². The molecule has 2 bridgehead atoms. The van der Waals surface area contributed by atoms with Crippen LogP contribution in [-0.4, -0.2) is 60.4 Å². The van der Waals surface area contributed by atoms with Gasteiger partial charge in [0.2, 0.25) is 0 Å². The van der Waals surface area contributed by atoms with E-state index in [-0.39, 0.29) is 42.6 Å². The molecule has 0 aromatic heterocycles. The number of esters is 1. The molecule has 6 nitrogen and oxygen atoms in total. The SMILES string of the molecule is CC1=CCO[C@H](C=CC[C@@H]2C[C@@H]3O[C@H]3[C@@H](O)CCC[C@H](C)C[C@@H]3CC=C[C@@H](CC=CC(=O)O2)O3)C1. The van der Waals surface area contributed by atoms with Gasteiger partial charge in [-0.15, -0.1) is 0 Å². The molecule has 4 rings (SSSR count). The van der Waals surface area contributed by atoms with E-state index in [0.717, 1.165) is 38.5 Å². The van der Waals surface area contributed by atoms with Crippen molar-refractivity contribution in [1.82, 2.24) is 0 Å². The van der Waals surface area contributed by atoms with Crippen molar-refractivity contribution in [3.8, 4) is 0 Å². The van der Waals surface area contributed by atoms with Gasteiger partial charge >= 0.3 is 5.97 Å². The van der Waals surface area contributed by atoms with Crippen LogP contribution in [0.4, 0.5) is 0 Å². The number of hydrogen-bond acceptors (Lipinski definition) is 6. The van der Waals surface area contributed by atoms with Crippen LogP contribution in [0.15, 0.2) is 48.1 Å². The standard InChI is InChI=1S/C29H42O6/c1-20-7-3-13-26(30)29-27(35-29)19-25(12-5-10-23-17-21(2)15-16-32-23)34-28(31)14-6-9-22-8-4-11-24(18-20)33-22/h4-6,8,10,14-15,20,22-27,29-30H,3,7,9,11-13,16-19H2,1-2H3/t20-,22-,23+,24-,25+,26-,27-,29-/m0/s1. The van der Waals surface area contributed by atoms with Crippen LogP contribution in [-0.2, 0) is 23.7 Å². The molecule has 8 atom stereocenters. The molecule has 0 aromatic carbocycles. The van der Waals surface area contributed by atoms with E-state index in [0.29, 0.717) is 31.8 Å². The molecule has 0 aliphatic carbocycles. The van der Waals surface area contributed by atoms with Crippen molar-refractivity contribution >= 4 is 5.97 Å². The van der Waals surface area contributed by atoms with Crippen LogP contribution in [0.1, 0.15) is 71.6 Å². The summed E-state index contributed by atoms with van der Waals surface area (Å²) in [6.45, 7) is 5.02. The van der Waals surface area contributed by atoms with Gasteiger partial charge in [-0.05, 0) is 44.9 Å². The molecular formula is C29H42O6. The largest absolute Gasteiger partial charge is 0.459 e. The Hall–Kier alpha value is -1.73. The first-order chi connectivity index (χ1) is 17.0. The lowest BCUT2D eigenvalue weighted by Gasteiger charge is -2.27. The van der Waals surface area contributed by atoms with Crippen molar-refractivity contribution < 1.29 is 28.8 Å². The third-order valence-electron chi connectivity index (χ3n) is 7.40. The predicted molar refractivity (Wildman–Crippen MR) is 135 cm³/mol. The molecule has 0 aromatic rings. The molecule has 35 heavy (non-hydrogen) atoms.